The van der Waals surface area contributed by atoms with E-state index in [1.165, 1.54) is 12.3 Å². The molecule has 0 saturated carbocycles. The Labute approximate surface area is 174 Å². The number of alkyl halides is 3. The molecule has 1 fully saturated rings. The van der Waals surface area contributed by atoms with Crippen LogP contribution in [0.3, 0.4) is 0 Å². The molecular formula is C18H18ClF3N6O2. The van der Waals surface area contributed by atoms with Gasteiger partial charge in [-0.15, -0.1) is 0 Å². The molecule has 0 aromatic carbocycles. The van der Waals surface area contributed by atoms with E-state index in [-0.39, 0.29) is 40.9 Å². The van der Waals surface area contributed by atoms with Gasteiger partial charge in [-0.2, -0.15) is 13.2 Å². The molecule has 0 aliphatic carbocycles. The number of halogens is 4. The molecule has 12 heteroatoms. The summed E-state index contributed by atoms with van der Waals surface area (Å²) in [6.07, 6.45) is -1.63. The van der Waals surface area contributed by atoms with Crippen LogP contribution in [0.1, 0.15) is 35.8 Å². The Hall–Kier alpha value is -2.95. The van der Waals surface area contributed by atoms with Crippen molar-refractivity contribution in [2.45, 2.75) is 32.0 Å². The van der Waals surface area contributed by atoms with Crippen molar-refractivity contribution in [2.75, 3.05) is 23.3 Å². The summed E-state index contributed by atoms with van der Waals surface area (Å²) in [6, 6.07) is 1.97. The van der Waals surface area contributed by atoms with Crippen molar-refractivity contribution in [3.8, 4) is 0 Å². The lowest BCUT2D eigenvalue weighted by Gasteiger charge is -2.20. The largest absolute Gasteiger partial charge is 0.417 e. The molecule has 1 atom stereocenters. The first-order valence-electron chi connectivity index (χ1n) is 9.08. The van der Waals surface area contributed by atoms with Crippen molar-refractivity contribution < 1.29 is 22.8 Å². The fraction of sp³-hybridized carbons (Fsp3) is 0.389. The zero-order valence-corrected chi connectivity index (χ0v) is 16.6. The predicted molar refractivity (Wildman–Crippen MR) is 103 cm³/mol. The second-order valence-electron chi connectivity index (χ2n) is 6.60. The number of anilines is 2. The van der Waals surface area contributed by atoms with Crippen LogP contribution in [0.15, 0.2) is 24.5 Å². The van der Waals surface area contributed by atoms with Gasteiger partial charge in [-0.1, -0.05) is 18.5 Å². The summed E-state index contributed by atoms with van der Waals surface area (Å²) in [7, 11) is 0. The highest BCUT2D eigenvalue weighted by molar-refractivity contribution is 6.33. The quantitative estimate of drug-likeness (QED) is 0.738. The summed E-state index contributed by atoms with van der Waals surface area (Å²) in [5, 5.41) is 5.18. The van der Waals surface area contributed by atoms with E-state index < -0.39 is 17.6 Å². The highest BCUT2D eigenvalue weighted by atomic mass is 35.5. The number of nitrogens with one attached hydrogen (secondary N) is 2. The standard InChI is InChI=1S/C18H18ClF3N6O2/c1-2-14(29)27-17-23-5-3-13(26-17)16(30)25-11-4-6-28(9-11)15-12(19)7-10(8-24-15)18(20,21)22/h3,5,7-8,11H,2,4,6,9H2,1H3,(H,25,30)(H,23,26,27,29)/t11-/m1/s1. The maximum Gasteiger partial charge on any atom is 0.417 e. The highest BCUT2D eigenvalue weighted by Crippen LogP contribution is 2.34. The smallest absolute Gasteiger partial charge is 0.353 e. The lowest BCUT2D eigenvalue weighted by atomic mass is 10.2. The molecule has 0 bridgehead atoms. The summed E-state index contributed by atoms with van der Waals surface area (Å²) >= 11 is 5.99. The van der Waals surface area contributed by atoms with Crippen molar-refractivity contribution in [1.29, 1.82) is 0 Å². The van der Waals surface area contributed by atoms with Gasteiger partial charge >= 0.3 is 6.18 Å². The number of hydrogen-bond acceptors (Lipinski definition) is 6. The van der Waals surface area contributed by atoms with Crippen LogP contribution in [-0.2, 0) is 11.0 Å². The van der Waals surface area contributed by atoms with Crippen LogP contribution in [-0.4, -0.2) is 45.9 Å². The number of carbonyl (C=O) groups excluding carboxylic acids is 2. The number of amides is 2. The lowest BCUT2D eigenvalue weighted by molar-refractivity contribution is -0.137. The first-order valence-corrected chi connectivity index (χ1v) is 9.46. The molecule has 0 unspecified atom stereocenters. The molecule has 0 spiro atoms. The maximum atomic E-state index is 12.8. The average Bonchev–Trinajstić information content (AvgIpc) is 3.15. The van der Waals surface area contributed by atoms with Gasteiger partial charge in [-0.05, 0) is 18.6 Å². The van der Waals surface area contributed by atoms with Gasteiger partial charge in [-0.25, -0.2) is 15.0 Å². The average molecular weight is 443 g/mol. The second kappa shape index (κ2) is 8.82. The Morgan fingerprint density at radius 3 is 2.77 bits per heavy atom. The van der Waals surface area contributed by atoms with Crippen molar-refractivity contribution in [3.63, 3.8) is 0 Å². The van der Waals surface area contributed by atoms with Crippen LogP contribution >= 0.6 is 11.6 Å². The van der Waals surface area contributed by atoms with Crippen molar-refractivity contribution in [1.82, 2.24) is 20.3 Å². The molecule has 2 amide bonds. The van der Waals surface area contributed by atoms with Gasteiger partial charge in [-0.3, -0.25) is 14.9 Å². The molecule has 3 heterocycles. The molecule has 2 aromatic rings. The van der Waals surface area contributed by atoms with E-state index in [9.17, 15) is 22.8 Å². The summed E-state index contributed by atoms with van der Waals surface area (Å²) in [6.45, 7) is 2.47. The Morgan fingerprint density at radius 2 is 2.10 bits per heavy atom. The van der Waals surface area contributed by atoms with Crippen LogP contribution in [0.5, 0.6) is 0 Å². The van der Waals surface area contributed by atoms with Gasteiger partial charge < -0.3 is 10.2 Å². The molecular weight excluding hydrogens is 425 g/mol. The second-order valence-corrected chi connectivity index (χ2v) is 7.01. The molecule has 160 valence electrons. The van der Waals surface area contributed by atoms with E-state index in [0.29, 0.717) is 19.5 Å². The van der Waals surface area contributed by atoms with Crippen LogP contribution in [0, 0.1) is 0 Å². The van der Waals surface area contributed by atoms with Gasteiger partial charge in [0.05, 0.1) is 10.6 Å². The minimum absolute atomic E-state index is 0.0308. The van der Waals surface area contributed by atoms with Crippen molar-refractivity contribution in [3.05, 3.63) is 40.8 Å². The van der Waals surface area contributed by atoms with E-state index in [2.05, 4.69) is 25.6 Å². The van der Waals surface area contributed by atoms with Crippen LogP contribution in [0.4, 0.5) is 24.9 Å². The summed E-state index contributed by atoms with van der Waals surface area (Å²) in [4.78, 5) is 37.4. The SMILES string of the molecule is CCC(=O)Nc1nccc(C(=O)N[C@@H]2CCN(c3ncc(C(F)(F)F)cc3Cl)C2)n1. The predicted octanol–water partition coefficient (Wildman–Crippen LogP) is 2.90. The molecule has 0 radical (unpaired) electrons. The highest BCUT2D eigenvalue weighted by Gasteiger charge is 2.33. The molecule has 3 rings (SSSR count). The third-order valence-corrected chi connectivity index (χ3v) is 4.71. The van der Waals surface area contributed by atoms with Gasteiger partial charge in [0.1, 0.15) is 11.5 Å². The number of rotatable bonds is 5. The number of aromatic nitrogens is 3. The molecule has 1 aliphatic heterocycles. The van der Waals surface area contributed by atoms with Crippen molar-refractivity contribution >= 4 is 35.2 Å². The molecule has 8 nitrogen and oxygen atoms in total. The third-order valence-electron chi connectivity index (χ3n) is 4.43. The molecule has 2 aromatic heterocycles. The molecule has 2 N–H and O–H groups in total. The van der Waals surface area contributed by atoms with E-state index in [1.54, 1.807) is 11.8 Å². The van der Waals surface area contributed by atoms with Gasteiger partial charge in [0.2, 0.25) is 11.9 Å². The number of pyridine rings is 1. The summed E-state index contributed by atoms with van der Waals surface area (Å²) in [5.74, 6) is -0.473. The first kappa shape index (κ1) is 21.8. The Balaban J connectivity index is 1.63. The van der Waals surface area contributed by atoms with Gasteiger partial charge in [0.25, 0.3) is 5.91 Å². The topological polar surface area (TPSA) is 100 Å². The fourth-order valence-electron chi connectivity index (χ4n) is 2.91. The summed E-state index contributed by atoms with van der Waals surface area (Å²) < 4.78 is 38.3. The van der Waals surface area contributed by atoms with E-state index in [0.717, 1.165) is 12.3 Å². The van der Waals surface area contributed by atoms with E-state index >= 15 is 0 Å². The number of nitrogens with zero attached hydrogens (tertiary/aromatic N) is 4. The van der Waals surface area contributed by atoms with Crippen LogP contribution in [0.2, 0.25) is 5.02 Å². The van der Waals surface area contributed by atoms with Crippen molar-refractivity contribution in [2.24, 2.45) is 0 Å². The Bertz CT molecular complexity index is 956. The normalized spacial score (nSPS) is 16.4. The monoisotopic (exact) mass is 442 g/mol. The third kappa shape index (κ3) is 5.15. The molecule has 1 aliphatic rings. The zero-order chi connectivity index (χ0) is 21.9. The molecule has 1 saturated heterocycles. The Kier molecular flexibility index (Phi) is 6.40. The van der Waals surface area contributed by atoms with E-state index in [4.69, 9.17) is 11.6 Å². The van der Waals surface area contributed by atoms with Crippen LogP contribution in [0.25, 0.3) is 0 Å². The van der Waals surface area contributed by atoms with Gasteiger partial charge in [0.15, 0.2) is 0 Å². The number of carbonyl (C=O) groups is 2. The summed E-state index contributed by atoms with van der Waals surface area (Å²) in [5.41, 5.74) is -0.837. The minimum atomic E-state index is -4.52. The van der Waals surface area contributed by atoms with Gasteiger partial charge in [0, 0.05) is 37.9 Å². The first-order chi connectivity index (χ1) is 14.2. The molecule has 30 heavy (non-hydrogen) atoms. The Morgan fingerprint density at radius 1 is 1.33 bits per heavy atom. The zero-order valence-electron chi connectivity index (χ0n) is 15.8. The fourth-order valence-corrected chi connectivity index (χ4v) is 3.19. The lowest BCUT2D eigenvalue weighted by Crippen LogP contribution is -2.37. The minimum Gasteiger partial charge on any atom is -0.353 e. The van der Waals surface area contributed by atoms with Crippen LogP contribution < -0.4 is 15.5 Å². The number of hydrogen-bond donors (Lipinski definition) is 2. The maximum absolute atomic E-state index is 12.8. The van der Waals surface area contributed by atoms with E-state index in [1.807, 2.05) is 0 Å².